The van der Waals surface area contributed by atoms with Gasteiger partial charge in [0, 0.05) is 30.3 Å². The van der Waals surface area contributed by atoms with Gasteiger partial charge in [0.2, 0.25) is 5.91 Å². The summed E-state index contributed by atoms with van der Waals surface area (Å²) in [6.45, 7) is 5.42. The quantitative estimate of drug-likeness (QED) is 0.907. The molecule has 0 bridgehead atoms. The lowest BCUT2D eigenvalue weighted by atomic mass is 10.2. The highest BCUT2D eigenvalue weighted by molar-refractivity contribution is 6.04. The van der Waals surface area contributed by atoms with Crippen molar-refractivity contribution in [2.45, 2.75) is 26.8 Å². The monoisotopic (exact) mass is 286 g/mol. The van der Waals surface area contributed by atoms with E-state index in [-0.39, 0.29) is 17.9 Å². The van der Waals surface area contributed by atoms with Gasteiger partial charge in [-0.05, 0) is 38.1 Å². The minimum atomic E-state index is -0.216. The molecule has 0 aliphatic heterocycles. The summed E-state index contributed by atoms with van der Waals surface area (Å²) in [4.78, 5) is 23.1. The van der Waals surface area contributed by atoms with Crippen LogP contribution in [0.3, 0.4) is 0 Å². The van der Waals surface area contributed by atoms with Gasteiger partial charge in [0.05, 0.1) is 6.20 Å². The Morgan fingerprint density at radius 3 is 2.33 bits per heavy atom. The number of anilines is 2. The molecular formula is C15H18N4O2. The fourth-order valence-electron chi connectivity index (χ4n) is 1.92. The summed E-state index contributed by atoms with van der Waals surface area (Å²) < 4.78 is 1.74. The second-order valence-electron chi connectivity index (χ2n) is 4.97. The molecule has 0 saturated carbocycles. The van der Waals surface area contributed by atoms with Crippen LogP contribution in [0.15, 0.2) is 36.5 Å². The molecule has 2 rings (SSSR count). The predicted octanol–water partition coefficient (Wildman–Crippen LogP) is 2.67. The summed E-state index contributed by atoms with van der Waals surface area (Å²) in [5.41, 5.74) is 1.17. The number of carbonyl (C=O) groups is 2. The van der Waals surface area contributed by atoms with E-state index in [1.807, 2.05) is 13.8 Å². The third-order valence-electron chi connectivity index (χ3n) is 2.87. The van der Waals surface area contributed by atoms with Gasteiger partial charge in [0.25, 0.3) is 5.91 Å². The van der Waals surface area contributed by atoms with Crippen LogP contribution in [0.1, 0.15) is 37.2 Å². The van der Waals surface area contributed by atoms with Crippen molar-refractivity contribution < 1.29 is 9.59 Å². The van der Waals surface area contributed by atoms with Gasteiger partial charge >= 0.3 is 0 Å². The number of rotatable bonds is 4. The van der Waals surface area contributed by atoms with Crippen molar-refractivity contribution in [2.24, 2.45) is 0 Å². The molecule has 1 aromatic carbocycles. The van der Waals surface area contributed by atoms with E-state index in [0.717, 1.165) is 0 Å². The van der Waals surface area contributed by atoms with E-state index in [9.17, 15) is 9.59 Å². The zero-order valence-electron chi connectivity index (χ0n) is 12.3. The molecule has 21 heavy (non-hydrogen) atoms. The first-order valence-electron chi connectivity index (χ1n) is 6.70. The highest BCUT2D eigenvalue weighted by Gasteiger charge is 2.11. The minimum Gasteiger partial charge on any atom is -0.326 e. The Balaban J connectivity index is 2.09. The first kappa shape index (κ1) is 14.8. The van der Waals surface area contributed by atoms with Gasteiger partial charge in [0.1, 0.15) is 5.82 Å². The molecule has 0 atom stereocenters. The largest absolute Gasteiger partial charge is 0.326 e. The number of nitrogens with zero attached hydrogens (tertiary/aromatic N) is 2. The molecule has 0 spiro atoms. The van der Waals surface area contributed by atoms with Crippen molar-refractivity contribution in [1.82, 2.24) is 9.78 Å². The van der Waals surface area contributed by atoms with E-state index in [1.54, 1.807) is 41.2 Å². The van der Waals surface area contributed by atoms with Crippen LogP contribution in [0.4, 0.5) is 11.5 Å². The van der Waals surface area contributed by atoms with Crippen molar-refractivity contribution in [3.8, 4) is 0 Å². The van der Waals surface area contributed by atoms with Crippen LogP contribution >= 0.6 is 0 Å². The second-order valence-corrected chi connectivity index (χ2v) is 4.97. The number of hydrogen-bond donors (Lipinski definition) is 2. The number of aromatic nitrogens is 2. The number of benzene rings is 1. The standard InChI is InChI=1S/C15H18N4O2/c1-10(2)19-14(8-9-16-19)18-15(21)12-4-6-13(7-5-12)17-11(3)20/h4-10H,1-3H3,(H,17,20)(H,18,21). The van der Waals surface area contributed by atoms with Gasteiger partial charge in [-0.3, -0.25) is 9.59 Å². The van der Waals surface area contributed by atoms with Crippen LogP contribution in [-0.2, 0) is 4.79 Å². The van der Waals surface area contributed by atoms with E-state index in [1.165, 1.54) is 6.92 Å². The maximum Gasteiger partial charge on any atom is 0.256 e. The van der Waals surface area contributed by atoms with Gasteiger partial charge in [-0.2, -0.15) is 5.10 Å². The first-order valence-corrected chi connectivity index (χ1v) is 6.70. The lowest BCUT2D eigenvalue weighted by Crippen LogP contribution is -2.16. The number of amides is 2. The molecule has 6 heteroatoms. The molecular weight excluding hydrogens is 268 g/mol. The smallest absolute Gasteiger partial charge is 0.256 e. The molecule has 1 heterocycles. The Bertz CT molecular complexity index is 644. The Morgan fingerprint density at radius 2 is 1.76 bits per heavy atom. The third kappa shape index (κ3) is 3.68. The Hall–Kier alpha value is -2.63. The van der Waals surface area contributed by atoms with Crippen LogP contribution in [0.25, 0.3) is 0 Å². The van der Waals surface area contributed by atoms with Gasteiger partial charge in [0.15, 0.2) is 0 Å². The van der Waals surface area contributed by atoms with Gasteiger partial charge in [-0.1, -0.05) is 0 Å². The van der Waals surface area contributed by atoms with Gasteiger partial charge in [-0.25, -0.2) is 4.68 Å². The molecule has 0 aliphatic rings. The van der Waals surface area contributed by atoms with Crippen molar-refractivity contribution >= 4 is 23.3 Å². The second kappa shape index (κ2) is 6.21. The molecule has 0 radical (unpaired) electrons. The molecule has 110 valence electrons. The molecule has 2 aromatic rings. The average molecular weight is 286 g/mol. The lowest BCUT2D eigenvalue weighted by Gasteiger charge is -2.12. The maximum atomic E-state index is 12.2. The molecule has 0 saturated heterocycles. The van der Waals surface area contributed by atoms with E-state index in [4.69, 9.17) is 0 Å². The first-order chi connectivity index (χ1) is 9.97. The van der Waals surface area contributed by atoms with Crippen molar-refractivity contribution in [2.75, 3.05) is 10.6 Å². The summed E-state index contributed by atoms with van der Waals surface area (Å²) in [7, 11) is 0. The van der Waals surface area contributed by atoms with Crippen molar-refractivity contribution in [3.05, 3.63) is 42.1 Å². The van der Waals surface area contributed by atoms with E-state index < -0.39 is 0 Å². The number of carbonyl (C=O) groups excluding carboxylic acids is 2. The normalized spacial score (nSPS) is 10.5. The molecule has 0 fully saturated rings. The van der Waals surface area contributed by atoms with Gasteiger partial charge < -0.3 is 10.6 Å². The highest BCUT2D eigenvalue weighted by atomic mass is 16.2. The van der Waals surface area contributed by atoms with E-state index in [2.05, 4.69) is 15.7 Å². The molecule has 2 amide bonds. The lowest BCUT2D eigenvalue weighted by molar-refractivity contribution is -0.114. The SMILES string of the molecule is CC(=O)Nc1ccc(C(=O)Nc2ccnn2C(C)C)cc1. The van der Waals surface area contributed by atoms with E-state index >= 15 is 0 Å². The van der Waals surface area contributed by atoms with Crippen molar-refractivity contribution in [1.29, 1.82) is 0 Å². The summed E-state index contributed by atoms with van der Waals surface area (Å²) >= 11 is 0. The number of nitrogens with one attached hydrogen (secondary N) is 2. The summed E-state index contributed by atoms with van der Waals surface area (Å²) in [6.07, 6.45) is 1.65. The van der Waals surface area contributed by atoms with E-state index in [0.29, 0.717) is 17.1 Å². The van der Waals surface area contributed by atoms with Gasteiger partial charge in [-0.15, -0.1) is 0 Å². The van der Waals surface area contributed by atoms with Crippen LogP contribution in [-0.4, -0.2) is 21.6 Å². The topological polar surface area (TPSA) is 76.0 Å². The molecule has 0 unspecified atom stereocenters. The summed E-state index contributed by atoms with van der Waals surface area (Å²) in [5, 5.41) is 9.64. The Labute approximate surface area is 123 Å². The predicted molar refractivity (Wildman–Crippen MR) is 81.3 cm³/mol. The van der Waals surface area contributed by atoms with Crippen molar-refractivity contribution in [3.63, 3.8) is 0 Å². The highest BCUT2D eigenvalue weighted by Crippen LogP contribution is 2.15. The van der Waals surface area contributed by atoms with Crippen LogP contribution in [0, 0.1) is 0 Å². The molecule has 1 aromatic heterocycles. The van der Waals surface area contributed by atoms with Crippen LogP contribution in [0.5, 0.6) is 0 Å². The average Bonchev–Trinajstić information content (AvgIpc) is 2.87. The Kier molecular flexibility index (Phi) is 4.37. The summed E-state index contributed by atoms with van der Waals surface area (Å²) in [5.74, 6) is 0.292. The minimum absolute atomic E-state index is 0.145. The number of hydrogen-bond acceptors (Lipinski definition) is 3. The Morgan fingerprint density at radius 1 is 1.10 bits per heavy atom. The zero-order chi connectivity index (χ0) is 15.4. The zero-order valence-corrected chi connectivity index (χ0v) is 12.3. The molecule has 6 nitrogen and oxygen atoms in total. The fraction of sp³-hybridized carbons (Fsp3) is 0.267. The summed E-state index contributed by atoms with van der Waals surface area (Å²) in [6, 6.07) is 8.63. The third-order valence-corrected chi connectivity index (χ3v) is 2.87. The fourth-order valence-corrected chi connectivity index (χ4v) is 1.92. The maximum absolute atomic E-state index is 12.2. The van der Waals surface area contributed by atoms with Crippen LogP contribution in [0.2, 0.25) is 0 Å². The molecule has 2 N–H and O–H groups in total. The van der Waals surface area contributed by atoms with Crippen LogP contribution < -0.4 is 10.6 Å². The molecule has 0 aliphatic carbocycles.